The van der Waals surface area contributed by atoms with E-state index in [4.69, 9.17) is 0 Å². The van der Waals surface area contributed by atoms with E-state index in [0.717, 1.165) is 31.5 Å². The van der Waals surface area contributed by atoms with Crippen molar-refractivity contribution < 1.29 is 4.79 Å². The average Bonchev–Trinajstić information content (AvgIpc) is 2.74. The van der Waals surface area contributed by atoms with E-state index in [1.807, 2.05) is 13.8 Å². The molecule has 4 unspecified atom stereocenters. The third-order valence-corrected chi connectivity index (χ3v) is 6.92. The van der Waals surface area contributed by atoms with Gasteiger partial charge in [0.1, 0.15) is 0 Å². The molecule has 0 saturated carbocycles. The first-order chi connectivity index (χ1) is 14.1. The lowest BCUT2D eigenvalue weighted by Gasteiger charge is -2.51. The Morgan fingerprint density at radius 2 is 1.86 bits per heavy atom. The van der Waals surface area contributed by atoms with Gasteiger partial charge in [0.05, 0.1) is 0 Å². The van der Waals surface area contributed by atoms with Crippen molar-refractivity contribution in [3.8, 4) is 0 Å². The molecule has 0 spiro atoms. The summed E-state index contributed by atoms with van der Waals surface area (Å²) in [5.74, 6) is 1.60. The van der Waals surface area contributed by atoms with Crippen LogP contribution >= 0.6 is 0 Å². The summed E-state index contributed by atoms with van der Waals surface area (Å²) in [5.41, 5.74) is 1.35. The highest BCUT2D eigenvalue weighted by Gasteiger charge is 2.40. The fourth-order valence-electron chi connectivity index (χ4n) is 5.35. The molecule has 4 saturated heterocycles. The van der Waals surface area contributed by atoms with Gasteiger partial charge in [-0.25, -0.2) is 4.79 Å². The van der Waals surface area contributed by atoms with Gasteiger partial charge in [-0.15, -0.1) is 0 Å². The Labute approximate surface area is 175 Å². The van der Waals surface area contributed by atoms with Crippen LogP contribution in [0.4, 0.5) is 10.5 Å². The molecule has 0 radical (unpaired) electrons. The number of para-hydroxylation sites is 1. The Hall–Kier alpha value is -1.79. The molecule has 160 valence electrons. The molecule has 1 aromatic carbocycles. The fourth-order valence-corrected chi connectivity index (χ4v) is 5.35. The molecular formula is C23H37N5O. The molecular weight excluding hydrogens is 362 g/mol. The maximum Gasteiger partial charge on any atom is 0.315 e. The molecule has 0 aromatic heterocycles. The Kier molecular flexibility index (Phi) is 6.60. The minimum atomic E-state index is -0.0320. The molecule has 4 heterocycles. The number of nitrogens with zero attached hydrogens (tertiary/aromatic N) is 3. The van der Waals surface area contributed by atoms with Crippen molar-refractivity contribution in [3.05, 3.63) is 30.3 Å². The number of amides is 2. The van der Waals surface area contributed by atoms with E-state index in [2.05, 4.69) is 55.7 Å². The highest BCUT2D eigenvalue weighted by atomic mass is 16.2. The van der Waals surface area contributed by atoms with Crippen LogP contribution in [-0.4, -0.2) is 80.3 Å². The summed E-state index contributed by atoms with van der Waals surface area (Å²) >= 11 is 0. The summed E-state index contributed by atoms with van der Waals surface area (Å²) in [5, 5.41) is 6.00. The molecule has 2 bridgehead atoms. The van der Waals surface area contributed by atoms with Crippen LogP contribution in [0.3, 0.4) is 0 Å². The lowest BCUT2D eigenvalue weighted by atomic mass is 9.75. The Balaban J connectivity index is 1.22. The number of fused-ring (bicyclic) bond motifs is 3. The number of urea groups is 1. The lowest BCUT2D eigenvalue weighted by Crippen LogP contribution is -2.59. The first-order valence-corrected chi connectivity index (χ1v) is 11.4. The molecule has 5 rings (SSSR count). The molecule has 0 aliphatic carbocycles. The van der Waals surface area contributed by atoms with Gasteiger partial charge in [0.25, 0.3) is 0 Å². The van der Waals surface area contributed by atoms with Gasteiger partial charge < -0.3 is 15.5 Å². The lowest BCUT2D eigenvalue weighted by molar-refractivity contribution is -0.0115. The van der Waals surface area contributed by atoms with E-state index >= 15 is 0 Å². The molecule has 4 atom stereocenters. The summed E-state index contributed by atoms with van der Waals surface area (Å²) in [6.45, 7) is 13.0. The molecule has 29 heavy (non-hydrogen) atoms. The number of hydrogen-bond donors (Lipinski definition) is 2. The van der Waals surface area contributed by atoms with Crippen molar-refractivity contribution in [2.24, 2.45) is 11.8 Å². The molecule has 6 nitrogen and oxygen atoms in total. The predicted octanol–water partition coefficient (Wildman–Crippen LogP) is 2.23. The Morgan fingerprint density at radius 3 is 2.52 bits per heavy atom. The van der Waals surface area contributed by atoms with Crippen molar-refractivity contribution in [1.29, 1.82) is 0 Å². The first-order valence-electron chi connectivity index (χ1n) is 11.4. The monoisotopic (exact) mass is 399 g/mol. The van der Waals surface area contributed by atoms with E-state index in [1.165, 1.54) is 51.3 Å². The third kappa shape index (κ3) is 5.23. The van der Waals surface area contributed by atoms with Crippen molar-refractivity contribution in [1.82, 2.24) is 20.4 Å². The van der Waals surface area contributed by atoms with Crippen molar-refractivity contribution in [2.45, 2.75) is 38.8 Å². The minimum Gasteiger partial charge on any atom is -0.369 e. The van der Waals surface area contributed by atoms with Crippen LogP contribution in [0, 0.1) is 11.8 Å². The van der Waals surface area contributed by atoms with Crippen molar-refractivity contribution >= 4 is 11.7 Å². The number of hydrogen-bond acceptors (Lipinski definition) is 4. The smallest absolute Gasteiger partial charge is 0.315 e. The van der Waals surface area contributed by atoms with Gasteiger partial charge in [-0.3, -0.25) is 9.80 Å². The van der Waals surface area contributed by atoms with Crippen molar-refractivity contribution in [2.75, 3.05) is 57.3 Å². The second-order valence-electron chi connectivity index (χ2n) is 9.33. The number of benzene rings is 1. The second kappa shape index (κ2) is 9.35. The highest BCUT2D eigenvalue weighted by Crippen LogP contribution is 2.36. The fraction of sp³-hybridized carbons (Fsp3) is 0.696. The summed E-state index contributed by atoms with van der Waals surface area (Å²) in [6.07, 6.45) is 2.56. The van der Waals surface area contributed by atoms with E-state index in [9.17, 15) is 4.79 Å². The molecule has 4 fully saturated rings. The van der Waals surface area contributed by atoms with E-state index in [1.54, 1.807) is 0 Å². The number of piperazine rings is 1. The summed E-state index contributed by atoms with van der Waals surface area (Å²) in [7, 11) is 0. The van der Waals surface area contributed by atoms with E-state index < -0.39 is 0 Å². The SMILES string of the molecule is CC(C)NC(=O)NCC1CC2CCN1CC2CN1CCN(c2ccccc2)CC1. The zero-order valence-corrected chi connectivity index (χ0v) is 18.0. The van der Waals surface area contributed by atoms with E-state index in [-0.39, 0.29) is 12.1 Å². The van der Waals surface area contributed by atoms with Crippen LogP contribution in [0.1, 0.15) is 26.7 Å². The van der Waals surface area contributed by atoms with Crippen LogP contribution in [0.5, 0.6) is 0 Å². The van der Waals surface area contributed by atoms with Crippen LogP contribution in [0.15, 0.2) is 30.3 Å². The largest absolute Gasteiger partial charge is 0.369 e. The summed E-state index contributed by atoms with van der Waals surface area (Å²) in [6, 6.07) is 11.5. The second-order valence-corrected chi connectivity index (χ2v) is 9.33. The number of nitrogens with one attached hydrogen (secondary N) is 2. The minimum absolute atomic E-state index is 0.0320. The first kappa shape index (κ1) is 20.5. The molecule has 1 aromatic rings. The molecule has 2 amide bonds. The van der Waals surface area contributed by atoms with Gasteiger partial charge in [0.15, 0.2) is 0 Å². The molecule has 4 aliphatic rings. The number of anilines is 1. The maximum atomic E-state index is 11.9. The molecule has 4 aliphatic heterocycles. The third-order valence-electron chi connectivity index (χ3n) is 6.92. The van der Waals surface area contributed by atoms with Crippen LogP contribution < -0.4 is 15.5 Å². The average molecular weight is 400 g/mol. The van der Waals surface area contributed by atoms with Crippen LogP contribution in [-0.2, 0) is 0 Å². The van der Waals surface area contributed by atoms with Crippen LogP contribution in [0.2, 0.25) is 0 Å². The van der Waals surface area contributed by atoms with Crippen LogP contribution in [0.25, 0.3) is 0 Å². The van der Waals surface area contributed by atoms with Gasteiger partial charge >= 0.3 is 6.03 Å². The van der Waals surface area contributed by atoms with Crippen molar-refractivity contribution in [3.63, 3.8) is 0 Å². The van der Waals surface area contributed by atoms with Gasteiger partial charge in [-0.2, -0.15) is 0 Å². The summed E-state index contributed by atoms with van der Waals surface area (Å²) in [4.78, 5) is 19.7. The van der Waals surface area contributed by atoms with Gasteiger partial charge in [-0.05, 0) is 57.2 Å². The summed E-state index contributed by atoms with van der Waals surface area (Å²) < 4.78 is 0. The number of carbonyl (C=O) groups is 1. The van der Waals surface area contributed by atoms with Gasteiger partial charge in [0, 0.05) is 63.6 Å². The topological polar surface area (TPSA) is 50.9 Å². The Morgan fingerprint density at radius 1 is 1.10 bits per heavy atom. The normalized spacial score (nSPS) is 29.8. The number of carbonyl (C=O) groups excluding carboxylic acids is 1. The molecule has 2 N–H and O–H groups in total. The predicted molar refractivity (Wildman–Crippen MR) is 118 cm³/mol. The van der Waals surface area contributed by atoms with Gasteiger partial charge in [-0.1, -0.05) is 18.2 Å². The number of rotatable bonds is 6. The zero-order valence-electron chi connectivity index (χ0n) is 18.0. The standard InChI is InChI=1S/C23H37N5O/c1-18(2)25-23(29)24-15-22-14-19-8-9-28(22)17-20(19)16-26-10-12-27(13-11-26)21-6-4-3-5-7-21/h3-7,18-20,22H,8-17H2,1-2H3,(H2,24,25,29). The quantitative estimate of drug-likeness (QED) is 0.770. The number of piperidine rings is 3. The molecule has 6 heteroatoms. The van der Waals surface area contributed by atoms with Gasteiger partial charge in [0.2, 0.25) is 0 Å². The maximum absolute atomic E-state index is 11.9. The Bertz CT molecular complexity index is 658. The van der Waals surface area contributed by atoms with E-state index in [0.29, 0.717) is 6.04 Å². The highest BCUT2D eigenvalue weighted by molar-refractivity contribution is 5.74. The zero-order chi connectivity index (χ0) is 20.2.